The zero-order valence-corrected chi connectivity index (χ0v) is 20.6. The number of benzene rings is 1. The third kappa shape index (κ3) is 5.51. The van der Waals surface area contributed by atoms with Crippen molar-refractivity contribution in [3.8, 4) is 5.69 Å². The smallest absolute Gasteiger partial charge is 0.418 e. The van der Waals surface area contributed by atoms with E-state index >= 15 is 0 Å². The van der Waals surface area contributed by atoms with Gasteiger partial charge in [0.15, 0.2) is 5.76 Å². The van der Waals surface area contributed by atoms with Gasteiger partial charge in [0.25, 0.3) is 5.91 Å². The first-order valence-corrected chi connectivity index (χ1v) is 11.6. The number of nitrogens with zero attached hydrogens (tertiary/aromatic N) is 3. The second-order valence-electron chi connectivity index (χ2n) is 8.41. The van der Waals surface area contributed by atoms with Crippen LogP contribution in [0.4, 0.5) is 13.2 Å². The van der Waals surface area contributed by atoms with Crippen molar-refractivity contribution in [1.82, 2.24) is 14.8 Å². The lowest BCUT2D eigenvalue weighted by Gasteiger charge is -2.18. The van der Waals surface area contributed by atoms with E-state index < -0.39 is 17.6 Å². The zero-order chi connectivity index (χ0) is 25.9. The molecule has 1 aliphatic rings. The molecule has 0 aliphatic carbocycles. The largest absolute Gasteiger partial charge is 0.505 e. The fraction of sp³-hybridized carbons (Fsp3) is 0.385. The molecule has 1 aliphatic heterocycles. The normalized spacial score (nSPS) is 15.3. The molecule has 35 heavy (non-hydrogen) atoms. The summed E-state index contributed by atoms with van der Waals surface area (Å²) in [6, 6.07) is 7.13. The summed E-state index contributed by atoms with van der Waals surface area (Å²) >= 11 is 0. The van der Waals surface area contributed by atoms with E-state index in [0.29, 0.717) is 35.8 Å². The number of rotatable bonds is 8. The zero-order valence-electron chi connectivity index (χ0n) is 20.6. The Morgan fingerprint density at radius 2 is 1.83 bits per heavy atom. The van der Waals surface area contributed by atoms with Crippen LogP contribution in [0.5, 0.6) is 0 Å². The van der Waals surface area contributed by atoms with Gasteiger partial charge in [-0.15, -0.1) is 0 Å². The monoisotopic (exact) mass is 488 g/mol. The van der Waals surface area contributed by atoms with Crippen molar-refractivity contribution in [1.29, 1.82) is 0 Å². The molecular weight excluding hydrogens is 457 g/mol. The van der Waals surface area contributed by atoms with Gasteiger partial charge in [-0.2, -0.15) is 13.2 Å². The van der Waals surface area contributed by atoms with E-state index in [4.69, 9.17) is 0 Å². The van der Waals surface area contributed by atoms with Crippen LogP contribution in [-0.2, 0) is 11.0 Å². The predicted octanol–water partition coefficient (Wildman–Crippen LogP) is 5.20. The summed E-state index contributed by atoms with van der Waals surface area (Å²) < 4.78 is 42.3. The Labute approximate surface area is 203 Å². The second-order valence-corrected chi connectivity index (χ2v) is 8.41. The van der Waals surface area contributed by atoms with Gasteiger partial charge in [0.1, 0.15) is 11.3 Å². The number of alkyl halides is 3. The van der Waals surface area contributed by atoms with Crippen molar-refractivity contribution < 1.29 is 23.1 Å². The average Bonchev–Trinajstić information content (AvgIpc) is 3.24. The number of aliphatic imine (C=N–C) groups is 1. The first-order valence-electron chi connectivity index (χ1n) is 11.6. The van der Waals surface area contributed by atoms with E-state index in [1.165, 1.54) is 16.7 Å². The summed E-state index contributed by atoms with van der Waals surface area (Å²) in [7, 11) is 0. The summed E-state index contributed by atoms with van der Waals surface area (Å²) in [6.07, 6.45) is -2.91. The predicted molar refractivity (Wildman–Crippen MR) is 132 cm³/mol. The molecule has 9 heteroatoms. The molecule has 0 unspecified atom stereocenters. The van der Waals surface area contributed by atoms with Crippen molar-refractivity contribution in [2.75, 3.05) is 26.2 Å². The van der Waals surface area contributed by atoms with Gasteiger partial charge in [-0.3, -0.25) is 4.79 Å². The molecule has 1 amide bonds. The highest BCUT2D eigenvalue weighted by Crippen LogP contribution is 2.36. The number of aryl methyl sites for hydroxylation is 1. The van der Waals surface area contributed by atoms with E-state index in [1.807, 2.05) is 13.8 Å². The molecule has 1 aromatic heterocycles. The van der Waals surface area contributed by atoms with Crippen LogP contribution in [0.15, 0.2) is 52.4 Å². The van der Waals surface area contributed by atoms with E-state index in [2.05, 4.69) is 15.2 Å². The standard InChI is InChI=1S/C26H31F3N4O2/c1-6-32(7-2)13-12-30-25(35)23-17(4)31-21(24(23)34)15-19-14-16(3)33(18(19)5)22-11-9-8-10-20(22)26(27,28)29/h8-11,14-15,34H,6-7,12-13H2,1-5H3,(H,30,35)/b21-15+. The maximum absolute atomic E-state index is 13.6. The molecule has 2 aromatic rings. The van der Waals surface area contributed by atoms with E-state index in [1.54, 1.807) is 39.0 Å². The van der Waals surface area contributed by atoms with Gasteiger partial charge in [-0.25, -0.2) is 4.99 Å². The fourth-order valence-corrected chi connectivity index (χ4v) is 4.28. The van der Waals surface area contributed by atoms with Gasteiger partial charge in [0.05, 0.1) is 17.0 Å². The van der Waals surface area contributed by atoms with Crippen molar-refractivity contribution in [3.63, 3.8) is 0 Å². The first-order chi connectivity index (χ1) is 16.5. The van der Waals surface area contributed by atoms with Gasteiger partial charge in [0.2, 0.25) is 0 Å². The van der Waals surface area contributed by atoms with E-state index in [0.717, 1.165) is 19.2 Å². The molecule has 0 bridgehead atoms. The number of halogens is 3. The van der Waals surface area contributed by atoms with Crippen molar-refractivity contribution in [3.05, 3.63) is 69.9 Å². The molecule has 0 saturated heterocycles. The number of para-hydroxylation sites is 1. The van der Waals surface area contributed by atoms with Crippen LogP contribution < -0.4 is 5.32 Å². The highest BCUT2D eigenvalue weighted by molar-refractivity contribution is 6.23. The molecule has 1 aromatic carbocycles. The van der Waals surface area contributed by atoms with Crippen LogP contribution in [0.2, 0.25) is 0 Å². The topological polar surface area (TPSA) is 69.9 Å². The minimum atomic E-state index is -4.50. The molecule has 2 N–H and O–H groups in total. The summed E-state index contributed by atoms with van der Waals surface area (Å²) in [4.78, 5) is 19.2. The van der Waals surface area contributed by atoms with Crippen LogP contribution in [0, 0.1) is 13.8 Å². The number of amides is 1. The molecule has 2 heterocycles. The van der Waals surface area contributed by atoms with Gasteiger partial charge in [0, 0.05) is 24.5 Å². The molecule has 0 spiro atoms. The minimum absolute atomic E-state index is 0.0267. The Hall–Kier alpha value is -3.33. The molecule has 188 valence electrons. The third-order valence-electron chi connectivity index (χ3n) is 6.18. The van der Waals surface area contributed by atoms with Crippen LogP contribution >= 0.6 is 0 Å². The second kappa shape index (κ2) is 10.5. The maximum atomic E-state index is 13.6. The Bertz CT molecular complexity index is 1200. The van der Waals surface area contributed by atoms with Crippen molar-refractivity contribution >= 4 is 17.7 Å². The number of carbonyl (C=O) groups is 1. The average molecular weight is 489 g/mol. The number of likely N-dealkylation sites (N-methyl/N-ethyl adjacent to an activating group) is 1. The highest BCUT2D eigenvalue weighted by Gasteiger charge is 2.34. The number of hydrogen-bond acceptors (Lipinski definition) is 4. The Kier molecular flexibility index (Phi) is 7.90. The van der Waals surface area contributed by atoms with Gasteiger partial charge >= 0.3 is 6.18 Å². The number of aliphatic hydroxyl groups excluding tert-OH is 1. The summed E-state index contributed by atoms with van der Waals surface area (Å²) in [5.74, 6) is -0.660. The summed E-state index contributed by atoms with van der Waals surface area (Å²) in [5.41, 5.74) is 1.73. The number of nitrogens with one attached hydrogen (secondary N) is 1. The SMILES string of the molecule is CCN(CC)CCNC(=O)C1=C(O)/C(=C\c2cc(C)n(-c3ccccc3C(F)(F)F)c2C)N=C1C. The van der Waals surface area contributed by atoms with Gasteiger partial charge < -0.3 is 19.9 Å². The molecule has 0 saturated carbocycles. The van der Waals surface area contributed by atoms with E-state index in [-0.39, 0.29) is 22.7 Å². The lowest BCUT2D eigenvalue weighted by Crippen LogP contribution is -2.36. The first kappa shape index (κ1) is 26.3. The highest BCUT2D eigenvalue weighted by atomic mass is 19.4. The lowest BCUT2D eigenvalue weighted by molar-refractivity contribution is -0.137. The van der Waals surface area contributed by atoms with Crippen LogP contribution in [0.1, 0.15) is 43.3 Å². The lowest BCUT2D eigenvalue weighted by atomic mass is 10.1. The minimum Gasteiger partial charge on any atom is -0.505 e. The quantitative estimate of drug-likeness (QED) is 0.537. The molecule has 3 rings (SSSR count). The molecule has 6 nitrogen and oxygen atoms in total. The molecular formula is C26H31F3N4O2. The van der Waals surface area contributed by atoms with Crippen molar-refractivity contribution in [2.24, 2.45) is 4.99 Å². The van der Waals surface area contributed by atoms with E-state index in [9.17, 15) is 23.1 Å². The number of aliphatic hydroxyl groups is 1. The maximum Gasteiger partial charge on any atom is 0.418 e. The fourth-order valence-electron chi connectivity index (χ4n) is 4.28. The molecule has 0 fully saturated rings. The van der Waals surface area contributed by atoms with Gasteiger partial charge in [-0.1, -0.05) is 26.0 Å². The number of hydrogen-bond donors (Lipinski definition) is 2. The Balaban J connectivity index is 1.92. The Morgan fingerprint density at radius 1 is 1.17 bits per heavy atom. The number of carbonyl (C=O) groups excluding carboxylic acids is 1. The van der Waals surface area contributed by atoms with Crippen molar-refractivity contribution in [2.45, 2.75) is 40.8 Å². The van der Waals surface area contributed by atoms with Crippen LogP contribution in [0.25, 0.3) is 11.8 Å². The summed E-state index contributed by atoms with van der Waals surface area (Å²) in [6.45, 7) is 12.0. The number of aromatic nitrogens is 1. The van der Waals surface area contributed by atoms with Crippen LogP contribution in [0.3, 0.4) is 0 Å². The third-order valence-corrected chi connectivity index (χ3v) is 6.18. The Morgan fingerprint density at radius 3 is 2.46 bits per heavy atom. The summed E-state index contributed by atoms with van der Waals surface area (Å²) in [5, 5.41) is 13.6. The molecule has 0 atom stereocenters. The van der Waals surface area contributed by atoms with Gasteiger partial charge in [-0.05, 0) is 63.7 Å². The molecule has 0 radical (unpaired) electrons. The van der Waals surface area contributed by atoms with Crippen LogP contribution in [-0.4, -0.2) is 52.4 Å².